The highest BCUT2D eigenvalue weighted by Gasteiger charge is 2.35. The molecule has 0 unspecified atom stereocenters. The molecule has 0 bridgehead atoms. The summed E-state index contributed by atoms with van der Waals surface area (Å²) in [4.78, 5) is 19.8. The fraction of sp³-hybridized carbons (Fsp3) is 0.476. The Labute approximate surface area is 191 Å². The first-order valence-corrected chi connectivity index (χ1v) is 12.4. The Hall–Kier alpha value is -2.27. The Morgan fingerprint density at radius 3 is 2.56 bits per heavy atom. The van der Waals surface area contributed by atoms with Crippen LogP contribution in [0.5, 0.6) is 0 Å². The molecule has 9 nitrogen and oxygen atoms in total. The van der Waals surface area contributed by atoms with E-state index in [2.05, 4.69) is 14.7 Å². The summed E-state index contributed by atoms with van der Waals surface area (Å²) in [5.41, 5.74) is 3.33. The Bertz CT molecular complexity index is 1140. The molecule has 1 aliphatic rings. The van der Waals surface area contributed by atoms with E-state index < -0.39 is 40.5 Å². The molecule has 32 heavy (non-hydrogen) atoms. The molecule has 0 saturated carbocycles. The number of aliphatic hydroxyl groups is 2. The van der Waals surface area contributed by atoms with E-state index in [-0.39, 0.29) is 18.3 Å². The Morgan fingerprint density at radius 2 is 1.97 bits per heavy atom. The van der Waals surface area contributed by atoms with Gasteiger partial charge in [-0.1, -0.05) is 31.5 Å². The minimum Gasteiger partial charge on any atom is -0.481 e. The Balaban J connectivity index is 2.11. The van der Waals surface area contributed by atoms with Crippen molar-refractivity contribution in [3.63, 3.8) is 0 Å². The van der Waals surface area contributed by atoms with Crippen LogP contribution in [0, 0.1) is 0 Å². The van der Waals surface area contributed by atoms with Crippen molar-refractivity contribution >= 4 is 33.5 Å². The number of fused-ring (bicyclic) bond motifs is 3. The van der Waals surface area contributed by atoms with Gasteiger partial charge in [0.1, 0.15) is 0 Å². The third-order valence-electron chi connectivity index (χ3n) is 5.34. The van der Waals surface area contributed by atoms with Gasteiger partial charge in [-0.15, -0.1) is 0 Å². The maximum atomic E-state index is 11.8. The molecule has 0 amide bonds. The lowest BCUT2D eigenvalue weighted by atomic mass is 9.75. The first kappa shape index (κ1) is 24.4. The molecular weight excluding hydrogens is 458 g/mol. The monoisotopic (exact) mass is 483 g/mol. The standard InChI is InChI=1S/C21H26ClN3O6S/c1-10(2)19-16-9-15(17(27)7-12(26)8-18(28)29)14-6-11(22)4-5-13(14)20(16)24-21(23-19)25-32(3,30)31/h4-6,10,12,15,17,26-27H,7-9H2,1-3H3,(H,28,29)(H,23,24,25)/t12-,15+,17+/m1/s1. The Kier molecular flexibility index (Phi) is 7.09. The predicted molar refractivity (Wildman–Crippen MR) is 120 cm³/mol. The highest BCUT2D eigenvalue weighted by atomic mass is 35.5. The van der Waals surface area contributed by atoms with Gasteiger partial charge < -0.3 is 15.3 Å². The zero-order valence-corrected chi connectivity index (χ0v) is 19.5. The number of carbonyl (C=O) groups is 1. The van der Waals surface area contributed by atoms with Gasteiger partial charge in [0.05, 0.1) is 36.3 Å². The van der Waals surface area contributed by atoms with E-state index in [1.807, 2.05) is 13.8 Å². The van der Waals surface area contributed by atoms with E-state index in [1.54, 1.807) is 18.2 Å². The molecule has 0 aliphatic heterocycles. The third kappa shape index (κ3) is 5.55. The number of aliphatic hydroxyl groups excluding tert-OH is 2. The number of aromatic nitrogens is 2. The average molecular weight is 484 g/mol. The number of rotatable bonds is 8. The number of hydrogen-bond donors (Lipinski definition) is 4. The molecule has 0 saturated heterocycles. The summed E-state index contributed by atoms with van der Waals surface area (Å²) < 4.78 is 25.8. The van der Waals surface area contributed by atoms with Crippen LogP contribution in [0.3, 0.4) is 0 Å². The van der Waals surface area contributed by atoms with E-state index in [9.17, 15) is 23.4 Å². The molecule has 1 aromatic heterocycles. The van der Waals surface area contributed by atoms with Crippen molar-refractivity contribution in [2.24, 2.45) is 0 Å². The maximum Gasteiger partial charge on any atom is 0.305 e. The molecule has 3 rings (SSSR count). The zero-order valence-electron chi connectivity index (χ0n) is 17.9. The second-order valence-electron chi connectivity index (χ2n) is 8.39. The van der Waals surface area contributed by atoms with E-state index in [4.69, 9.17) is 16.7 Å². The van der Waals surface area contributed by atoms with Gasteiger partial charge in [0.15, 0.2) is 0 Å². The Morgan fingerprint density at radius 1 is 1.28 bits per heavy atom. The molecule has 3 atom stereocenters. The second-order valence-corrected chi connectivity index (χ2v) is 10.6. The first-order chi connectivity index (χ1) is 14.9. The highest BCUT2D eigenvalue weighted by molar-refractivity contribution is 7.91. The topological polar surface area (TPSA) is 150 Å². The molecule has 0 spiro atoms. The highest BCUT2D eigenvalue weighted by Crippen LogP contribution is 2.44. The van der Waals surface area contributed by atoms with Crippen LogP contribution in [0.4, 0.5) is 5.95 Å². The van der Waals surface area contributed by atoms with E-state index in [1.165, 1.54) is 0 Å². The smallest absolute Gasteiger partial charge is 0.305 e. The van der Waals surface area contributed by atoms with E-state index in [0.717, 1.165) is 11.8 Å². The number of carboxylic acid groups (broad SMARTS) is 1. The lowest BCUT2D eigenvalue weighted by molar-refractivity contribution is -0.139. The van der Waals surface area contributed by atoms with E-state index >= 15 is 0 Å². The van der Waals surface area contributed by atoms with Gasteiger partial charge in [0.2, 0.25) is 16.0 Å². The van der Waals surface area contributed by atoms with Crippen LogP contribution < -0.4 is 4.72 Å². The summed E-state index contributed by atoms with van der Waals surface area (Å²) in [6, 6.07) is 5.14. The van der Waals surface area contributed by atoms with Gasteiger partial charge in [0, 0.05) is 28.5 Å². The van der Waals surface area contributed by atoms with Crippen molar-refractivity contribution in [2.45, 2.75) is 57.2 Å². The number of carboxylic acids is 1. The fourth-order valence-electron chi connectivity index (χ4n) is 4.07. The zero-order chi connectivity index (χ0) is 23.8. The summed E-state index contributed by atoms with van der Waals surface area (Å²) in [5, 5.41) is 30.3. The third-order valence-corrected chi connectivity index (χ3v) is 6.13. The molecule has 11 heteroatoms. The van der Waals surface area contributed by atoms with Crippen LogP contribution in [0.15, 0.2) is 18.2 Å². The molecule has 1 heterocycles. The van der Waals surface area contributed by atoms with Crippen molar-refractivity contribution in [3.05, 3.63) is 40.0 Å². The SMILES string of the molecule is CC(C)c1nc(NS(C)(=O)=O)nc2c1C[C@H]([C@@H](O)C[C@@H](O)CC(=O)O)c1cc(Cl)ccc1-2. The van der Waals surface area contributed by atoms with Gasteiger partial charge in [-0.25, -0.2) is 18.4 Å². The molecule has 1 aliphatic carbocycles. The summed E-state index contributed by atoms with van der Waals surface area (Å²) >= 11 is 6.22. The van der Waals surface area contributed by atoms with Crippen LogP contribution in [0.25, 0.3) is 11.3 Å². The minimum atomic E-state index is -3.59. The quantitative estimate of drug-likeness (QED) is 0.447. The predicted octanol–water partition coefficient (Wildman–Crippen LogP) is 2.52. The first-order valence-electron chi connectivity index (χ1n) is 10.1. The van der Waals surface area contributed by atoms with Crippen LogP contribution in [-0.2, 0) is 21.2 Å². The molecule has 2 aromatic rings. The molecule has 0 fully saturated rings. The van der Waals surface area contributed by atoms with Crippen molar-refractivity contribution in [1.82, 2.24) is 9.97 Å². The van der Waals surface area contributed by atoms with Crippen molar-refractivity contribution in [2.75, 3.05) is 11.0 Å². The number of benzene rings is 1. The summed E-state index contributed by atoms with van der Waals surface area (Å²) in [7, 11) is -3.59. The number of halogens is 1. The number of aliphatic carboxylic acids is 1. The number of sulfonamides is 1. The number of nitrogens with zero attached hydrogens (tertiary/aromatic N) is 2. The van der Waals surface area contributed by atoms with Crippen LogP contribution >= 0.6 is 11.6 Å². The lowest BCUT2D eigenvalue weighted by Crippen LogP contribution is -2.30. The van der Waals surface area contributed by atoms with Crippen LogP contribution in [0.2, 0.25) is 5.02 Å². The molecule has 0 radical (unpaired) electrons. The fourth-order valence-corrected chi connectivity index (χ4v) is 4.67. The lowest BCUT2D eigenvalue weighted by Gasteiger charge is -2.33. The number of nitrogens with one attached hydrogen (secondary N) is 1. The number of hydrogen-bond acceptors (Lipinski definition) is 7. The normalized spacial score (nSPS) is 17.4. The van der Waals surface area contributed by atoms with Gasteiger partial charge >= 0.3 is 5.97 Å². The maximum absolute atomic E-state index is 11.8. The van der Waals surface area contributed by atoms with Crippen LogP contribution in [-0.4, -0.2) is 58.1 Å². The van der Waals surface area contributed by atoms with Gasteiger partial charge in [-0.2, -0.15) is 0 Å². The number of anilines is 1. The van der Waals surface area contributed by atoms with Gasteiger partial charge in [-0.3, -0.25) is 9.52 Å². The van der Waals surface area contributed by atoms with Gasteiger partial charge in [-0.05, 0) is 30.0 Å². The largest absolute Gasteiger partial charge is 0.481 e. The molecule has 174 valence electrons. The summed E-state index contributed by atoms with van der Waals surface area (Å²) in [5.74, 6) is -1.72. The van der Waals surface area contributed by atoms with Crippen LogP contribution in [0.1, 0.15) is 55.3 Å². The van der Waals surface area contributed by atoms with E-state index in [0.29, 0.717) is 34.0 Å². The minimum absolute atomic E-state index is 0.0354. The van der Waals surface area contributed by atoms with Crippen molar-refractivity contribution < 1.29 is 28.5 Å². The summed E-state index contributed by atoms with van der Waals surface area (Å²) in [6.07, 6.45) is -1.48. The van der Waals surface area contributed by atoms with Crippen molar-refractivity contribution in [3.8, 4) is 11.3 Å². The average Bonchev–Trinajstić information content (AvgIpc) is 2.64. The molecule has 4 N–H and O–H groups in total. The summed E-state index contributed by atoms with van der Waals surface area (Å²) in [6.45, 7) is 3.85. The molecular formula is C21H26ClN3O6S. The second kappa shape index (κ2) is 9.30. The molecule has 1 aromatic carbocycles. The van der Waals surface area contributed by atoms with Gasteiger partial charge in [0.25, 0.3) is 0 Å². The van der Waals surface area contributed by atoms with Crippen molar-refractivity contribution in [1.29, 1.82) is 0 Å².